The van der Waals surface area contributed by atoms with Gasteiger partial charge in [-0.1, -0.05) is 36.4 Å². The molecular formula is C16H21N3S. The van der Waals surface area contributed by atoms with Gasteiger partial charge in [0.05, 0.1) is 5.84 Å². The summed E-state index contributed by atoms with van der Waals surface area (Å²) in [4.78, 5) is 3.62. The van der Waals surface area contributed by atoms with Crippen molar-refractivity contribution in [1.29, 1.82) is 5.41 Å². The quantitative estimate of drug-likeness (QED) is 0.627. The van der Waals surface area contributed by atoms with Crippen molar-refractivity contribution in [1.82, 2.24) is 4.90 Å². The lowest BCUT2D eigenvalue weighted by molar-refractivity contribution is 0.192. The number of hydrogen-bond donors (Lipinski definition) is 2. The first-order valence-electron chi connectivity index (χ1n) is 6.72. The molecule has 2 unspecified atom stereocenters. The smallest absolute Gasteiger partial charge is 0.0924 e. The molecule has 1 heterocycles. The first-order chi connectivity index (χ1) is 9.59. The second-order valence-electron chi connectivity index (χ2n) is 5.01. The Labute approximate surface area is 124 Å². The van der Waals surface area contributed by atoms with Gasteiger partial charge in [-0.2, -0.15) is 0 Å². The number of benzene rings is 1. The molecule has 2 aromatic rings. The van der Waals surface area contributed by atoms with Crippen molar-refractivity contribution < 1.29 is 0 Å². The molecule has 1 aromatic carbocycles. The molecule has 106 valence electrons. The Kier molecular flexibility index (Phi) is 4.93. The van der Waals surface area contributed by atoms with Crippen molar-refractivity contribution in [2.24, 2.45) is 5.73 Å². The van der Waals surface area contributed by atoms with E-state index < -0.39 is 0 Å². The van der Waals surface area contributed by atoms with Crippen LogP contribution < -0.4 is 5.73 Å². The highest BCUT2D eigenvalue weighted by atomic mass is 32.1. The van der Waals surface area contributed by atoms with Crippen LogP contribution in [0.2, 0.25) is 0 Å². The molecule has 20 heavy (non-hydrogen) atoms. The summed E-state index contributed by atoms with van der Waals surface area (Å²) in [6.07, 6.45) is 0.552. The summed E-state index contributed by atoms with van der Waals surface area (Å²) in [5.41, 5.74) is 6.85. The van der Waals surface area contributed by atoms with E-state index in [0.717, 1.165) is 0 Å². The predicted octanol–water partition coefficient (Wildman–Crippen LogP) is 3.81. The van der Waals surface area contributed by atoms with Gasteiger partial charge in [-0.25, -0.2) is 0 Å². The summed E-state index contributed by atoms with van der Waals surface area (Å²) in [6, 6.07) is 14.9. The van der Waals surface area contributed by atoms with Gasteiger partial charge in [0.1, 0.15) is 0 Å². The maximum absolute atomic E-state index is 7.64. The second kappa shape index (κ2) is 6.68. The lowest BCUT2D eigenvalue weighted by Crippen LogP contribution is -2.30. The lowest BCUT2D eigenvalue weighted by Gasteiger charge is -2.33. The molecule has 3 N–H and O–H groups in total. The largest absolute Gasteiger partial charge is 0.388 e. The van der Waals surface area contributed by atoms with Crippen molar-refractivity contribution in [3.8, 4) is 0 Å². The minimum Gasteiger partial charge on any atom is -0.388 e. The lowest BCUT2D eigenvalue weighted by atomic mass is 10.00. The third kappa shape index (κ3) is 3.46. The third-order valence-electron chi connectivity index (χ3n) is 3.66. The molecule has 0 saturated heterocycles. The number of hydrogen-bond acceptors (Lipinski definition) is 3. The molecule has 0 fully saturated rings. The fourth-order valence-corrected chi connectivity index (χ4v) is 3.21. The second-order valence-corrected chi connectivity index (χ2v) is 5.99. The molecule has 0 bridgehead atoms. The number of nitrogens with two attached hydrogens (primary N) is 1. The van der Waals surface area contributed by atoms with E-state index in [-0.39, 0.29) is 11.9 Å². The van der Waals surface area contributed by atoms with Crippen LogP contribution in [-0.2, 0) is 0 Å². The molecule has 0 radical (unpaired) electrons. The maximum atomic E-state index is 7.64. The monoisotopic (exact) mass is 287 g/mol. The van der Waals surface area contributed by atoms with Crippen molar-refractivity contribution in [3.63, 3.8) is 0 Å². The molecule has 0 amide bonds. The number of nitrogens with zero attached hydrogens (tertiary/aromatic N) is 1. The van der Waals surface area contributed by atoms with Gasteiger partial charge in [0, 0.05) is 23.4 Å². The molecule has 0 spiro atoms. The van der Waals surface area contributed by atoms with Crippen LogP contribution in [0, 0.1) is 5.41 Å². The highest BCUT2D eigenvalue weighted by Crippen LogP contribution is 2.32. The maximum Gasteiger partial charge on any atom is 0.0924 e. The molecule has 0 aliphatic carbocycles. The van der Waals surface area contributed by atoms with Crippen LogP contribution in [0.3, 0.4) is 0 Å². The Morgan fingerprint density at radius 1 is 1.25 bits per heavy atom. The standard InChI is InChI=1S/C16H21N3S/c1-12(15-9-6-10-20-15)19(2)14(11-16(17)18)13-7-4-3-5-8-13/h3-10,12,14H,11H2,1-2H3,(H3,17,18). The van der Waals surface area contributed by atoms with Crippen LogP contribution in [0.15, 0.2) is 47.8 Å². The van der Waals surface area contributed by atoms with Gasteiger partial charge in [0.25, 0.3) is 0 Å². The molecule has 0 aliphatic heterocycles. The Bertz CT molecular complexity index is 536. The van der Waals surface area contributed by atoms with E-state index >= 15 is 0 Å². The molecule has 0 saturated carbocycles. The van der Waals surface area contributed by atoms with E-state index in [1.165, 1.54) is 10.4 Å². The van der Waals surface area contributed by atoms with E-state index in [0.29, 0.717) is 12.5 Å². The van der Waals surface area contributed by atoms with Gasteiger partial charge in [0.15, 0.2) is 0 Å². The van der Waals surface area contributed by atoms with Crippen LogP contribution >= 0.6 is 11.3 Å². The number of nitrogens with one attached hydrogen (secondary N) is 1. The van der Waals surface area contributed by atoms with Crippen molar-refractivity contribution >= 4 is 17.2 Å². The third-order valence-corrected chi connectivity index (χ3v) is 4.70. The van der Waals surface area contributed by atoms with Crippen molar-refractivity contribution in [3.05, 3.63) is 58.3 Å². The van der Waals surface area contributed by atoms with E-state index in [1.54, 1.807) is 11.3 Å². The summed E-state index contributed by atoms with van der Waals surface area (Å²) in [5.74, 6) is 0.226. The van der Waals surface area contributed by atoms with Crippen molar-refractivity contribution in [2.45, 2.75) is 25.4 Å². The van der Waals surface area contributed by atoms with Gasteiger partial charge in [-0.15, -0.1) is 11.3 Å². The van der Waals surface area contributed by atoms with Gasteiger partial charge < -0.3 is 5.73 Å². The van der Waals surface area contributed by atoms with Crippen LogP contribution in [0.25, 0.3) is 0 Å². The Morgan fingerprint density at radius 2 is 1.95 bits per heavy atom. The first-order valence-corrected chi connectivity index (χ1v) is 7.60. The average Bonchev–Trinajstić information content (AvgIpc) is 2.98. The van der Waals surface area contributed by atoms with Crippen molar-refractivity contribution in [2.75, 3.05) is 7.05 Å². The number of amidine groups is 1. The van der Waals surface area contributed by atoms with E-state index in [9.17, 15) is 0 Å². The minimum atomic E-state index is 0.130. The average molecular weight is 287 g/mol. The molecule has 3 nitrogen and oxygen atoms in total. The van der Waals surface area contributed by atoms with Crippen LogP contribution in [0.5, 0.6) is 0 Å². The fraction of sp³-hybridized carbons (Fsp3) is 0.312. The highest BCUT2D eigenvalue weighted by Gasteiger charge is 2.23. The van der Waals surface area contributed by atoms with Gasteiger partial charge >= 0.3 is 0 Å². The summed E-state index contributed by atoms with van der Waals surface area (Å²) < 4.78 is 0. The van der Waals surface area contributed by atoms with Gasteiger partial charge in [0.2, 0.25) is 0 Å². The fourth-order valence-electron chi connectivity index (χ4n) is 2.38. The molecular weight excluding hydrogens is 266 g/mol. The topological polar surface area (TPSA) is 53.1 Å². The zero-order chi connectivity index (χ0) is 14.5. The molecule has 2 atom stereocenters. The van der Waals surface area contributed by atoms with E-state index in [2.05, 4.69) is 48.5 Å². The summed E-state index contributed by atoms with van der Waals surface area (Å²) in [5, 5.41) is 9.74. The SMILES string of the molecule is CC(c1cccs1)N(C)C(CC(=N)N)c1ccccc1. The number of rotatable bonds is 6. The molecule has 1 aromatic heterocycles. The van der Waals surface area contributed by atoms with E-state index in [4.69, 9.17) is 11.1 Å². The van der Waals surface area contributed by atoms with Crippen LogP contribution in [-0.4, -0.2) is 17.8 Å². The Balaban J connectivity index is 2.24. The Hall–Kier alpha value is -1.65. The zero-order valence-electron chi connectivity index (χ0n) is 11.9. The minimum absolute atomic E-state index is 0.130. The van der Waals surface area contributed by atoms with Gasteiger partial charge in [-0.05, 0) is 31.0 Å². The highest BCUT2D eigenvalue weighted by molar-refractivity contribution is 7.10. The molecule has 2 rings (SSSR count). The summed E-state index contributed by atoms with van der Waals surface area (Å²) >= 11 is 1.76. The molecule has 0 aliphatic rings. The first kappa shape index (κ1) is 14.8. The summed E-state index contributed by atoms with van der Waals surface area (Å²) in [6.45, 7) is 2.20. The van der Waals surface area contributed by atoms with Crippen LogP contribution in [0.1, 0.15) is 35.9 Å². The van der Waals surface area contributed by atoms with Crippen LogP contribution in [0.4, 0.5) is 0 Å². The van der Waals surface area contributed by atoms with E-state index in [1.807, 2.05) is 18.2 Å². The van der Waals surface area contributed by atoms with Gasteiger partial charge in [-0.3, -0.25) is 10.3 Å². The summed E-state index contributed by atoms with van der Waals surface area (Å²) in [7, 11) is 2.10. The zero-order valence-corrected chi connectivity index (χ0v) is 12.7. The normalized spacial score (nSPS) is 14.2. The predicted molar refractivity (Wildman–Crippen MR) is 86.2 cm³/mol. The Morgan fingerprint density at radius 3 is 2.50 bits per heavy atom. The number of thiophene rings is 1. The molecule has 4 heteroatoms.